The van der Waals surface area contributed by atoms with Crippen LogP contribution in [0.4, 0.5) is 8.78 Å². The van der Waals surface area contributed by atoms with Crippen molar-refractivity contribution in [3.05, 3.63) is 53.7 Å². The summed E-state index contributed by atoms with van der Waals surface area (Å²) in [7, 11) is 0. The smallest absolute Gasteiger partial charge is 0.288 e. The number of nitriles is 1. The number of ether oxygens (including phenoxy) is 1. The predicted molar refractivity (Wildman–Crippen MR) is 101 cm³/mol. The minimum absolute atomic E-state index is 0.00439. The highest BCUT2D eigenvalue weighted by atomic mass is 32.2. The molecule has 2 aromatic rings. The van der Waals surface area contributed by atoms with Crippen LogP contribution >= 0.6 is 11.8 Å². The van der Waals surface area contributed by atoms with Crippen LogP contribution in [0.3, 0.4) is 0 Å². The zero-order chi connectivity index (χ0) is 19.9. The van der Waals surface area contributed by atoms with Crippen molar-refractivity contribution in [3.63, 3.8) is 0 Å². The Hall–Kier alpha value is -2.66. The van der Waals surface area contributed by atoms with Crippen molar-refractivity contribution in [1.82, 2.24) is 10.3 Å². The minimum Gasteiger partial charge on any atom is -0.474 e. The first kappa shape index (κ1) is 20.1. The Bertz CT molecular complexity index is 847. The summed E-state index contributed by atoms with van der Waals surface area (Å²) in [4.78, 5) is 16.9. The minimum atomic E-state index is -2.57. The van der Waals surface area contributed by atoms with Crippen LogP contribution in [-0.4, -0.2) is 28.8 Å². The topological polar surface area (TPSA) is 75.0 Å². The number of rotatable bonds is 6. The Morgan fingerprint density at radius 3 is 2.61 bits per heavy atom. The normalized spacial score (nSPS) is 19.1. The van der Waals surface area contributed by atoms with Gasteiger partial charge in [-0.15, -0.1) is 0 Å². The summed E-state index contributed by atoms with van der Waals surface area (Å²) < 4.78 is 31.2. The van der Waals surface area contributed by atoms with Gasteiger partial charge in [0.1, 0.15) is 12.2 Å². The molecule has 1 heterocycles. The molecule has 1 saturated carbocycles. The van der Waals surface area contributed by atoms with Crippen LogP contribution in [0, 0.1) is 11.3 Å². The van der Waals surface area contributed by atoms with Gasteiger partial charge in [-0.2, -0.15) is 14.0 Å². The third-order valence-electron chi connectivity index (χ3n) is 4.51. The lowest BCUT2D eigenvalue weighted by Crippen LogP contribution is -2.39. The van der Waals surface area contributed by atoms with Gasteiger partial charge in [0, 0.05) is 23.2 Å². The van der Waals surface area contributed by atoms with E-state index in [2.05, 4.69) is 10.3 Å². The highest BCUT2D eigenvalue weighted by Gasteiger charge is 2.25. The maximum Gasteiger partial charge on any atom is 0.288 e. The van der Waals surface area contributed by atoms with E-state index in [1.165, 1.54) is 12.3 Å². The number of amides is 1. The van der Waals surface area contributed by atoms with Gasteiger partial charge in [0.15, 0.2) is 0 Å². The number of hydrogen-bond acceptors (Lipinski definition) is 5. The molecule has 0 bridgehead atoms. The second-order valence-corrected chi connectivity index (χ2v) is 7.47. The van der Waals surface area contributed by atoms with Gasteiger partial charge in [-0.1, -0.05) is 23.9 Å². The Labute approximate surface area is 166 Å². The molecule has 3 rings (SSSR count). The summed E-state index contributed by atoms with van der Waals surface area (Å²) in [6, 6.07) is 11.7. The largest absolute Gasteiger partial charge is 0.474 e. The summed E-state index contributed by atoms with van der Waals surface area (Å²) >= 11 is 0.378. The summed E-state index contributed by atoms with van der Waals surface area (Å²) in [6.07, 6.45) is 4.43. The molecule has 1 amide bonds. The van der Waals surface area contributed by atoms with Crippen molar-refractivity contribution in [1.29, 1.82) is 5.26 Å². The number of carbonyl (C=O) groups is 1. The quantitative estimate of drug-likeness (QED) is 0.724. The molecule has 1 aromatic carbocycles. The first-order valence-corrected chi connectivity index (χ1v) is 9.80. The van der Waals surface area contributed by atoms with E-state index < -0.39 is 5.76 Å². The van der Waals surface area contributed by atoms with Gasteiger partial charge >= 0.3 is 0 Å². The molecule has 1 N–H and O–H groups in total. The number of nitrogens with zero attached hydrogens (tertiary/aromatic N) is 2. The van der Waals surface area contributed by atoms with E-state index in [1.54, 1.807) is 30.3 Å². The fourth-order valence-electron chi connectivity index (χ4n) is 3.13. The number of halogens is 2. The molecule has 0 saturated heterocycles. The molecule has 1 fully saturated rings. The highest BCUT2D eigenvalue weighted by molar-refractivity contribution is 7.99. The lowest BCUT2D eigenvalue weighted by atomic mass is 9.92. The summed E-state index contributed by atoms with van der Waals surface area (Å²) in [5.41, 5.74) is 0.747. The molecule has 0 unspecified atom stereocenters. The van der Waals surface area contributed by atoms with Crippen LogP contribution < -0.4 is 10.1 Å². The fourth-order valence-corrected chi connectivity index (χ4v) is 3.76. The van der Waals surface area contributed by atoms with Gasteiger partial charge in [-0.25, -0.2) is 4.98 Å². The first-order valence-electron chi connectivity index (χ1n) is 8.92. The average molecular weight is 403 g/mol. The first-order chi connectivity index (χ1) is 13.5. The van der Waals surface area contributed by atoms with Crippen molar-refractivity contribution in [2.75, 3.05) is 0 Å². The van der Waals surface area contributed by atoms with Crippen molar-refractivity contribution in [3.8, 4) is 11.9 Å². The van der Waals surface area contributed by atoms with Crippen molar-refractivity contribution in [2.24, 2.45) is 0 Å². The maximum atomic E-state index is 12.7. The molecule has 146 valence electrons. The van der Waals surface area contributed by atoms with E-state index in [4.69, 9.17) is 10.00 Å². The lowest BCUT2D eigenvalue weighted by molar-refractivity contribution is 0.0887. The van der Waals surface area contributed by atoms with E-state index in [0.717, 1.165) is 25.7 Å². The number of pyridine rings is 1. The zero-order valence-electron chi connectivity index (χ0n) is 15.0. The SMILES string of the molecule is N#Cc1ccc(OC2CCC(NC(=O)c3ccccc3SC(F)F)CC2)nc1. The molecule has 28 heavy (non-hydrogen) atoms. The summed E-state index contributed by atoms with van der Waals surface area (Å²) in [6.45, 7) is 0. The Morgan fingerprint density at radius 2 is 1.96 bits per heavy atom. The van der Waals surface area contributed by atoms with Crippen molar-refractivity contribution >= 4 is 17.7 Å². The van der Waals surface area contributed by atoms with E-state index >= 15 is 0 Å². The second-order valence-electron chi connectivity index (χ2n) is 6.44. The van der Waals surface area contributed by atoms with Gasteiger partial charge < -0.3 is 10.1 Å². The molecule has 0 spiro atoms. The summed E-state index contributed by atoms with van der Waals surface area (Å²) in [5, 5.41) is 11.7. The Morgan fingerprint density at radius 1 is 1.21 bits per heavy atom. The fraction of sp³-hybridized carbons (Fsp3) is 0.350. The van der Waals surface area contributed by atoms with Crippen LogP contribution in [0.1, 0.15) is 41.6 Å². The van der Waals surface area contributed by atoms with E-state index in [9.17, 15) is 13.6 Å². The molecule has 5 nitrogen and oxygen atoms in total. The number of alkyl halides is 2. The van der Waals surface area contributed by atoms with Crippen LogP contribution in [-0.2, 0) is 0 Å². The van der Waals surface area contributed by atoms with E-state index in [-0.39, 0.29) is 28.5 Å². The molecule has 1 aliphatic carbocycles. The maximum absolute atomic E-state index is 12.7. The van der Waals surface area contributed by atoms with Crippen LogP contribution in [0.25, 0.3) is 0 Å². The highest BCUT2D eigenvalue weighted by Crippen LogP contribution is 2.29. The van der Waals surface area contributed by atoms with Gasteiger partial charge in [0.05, 0.1) is 11.1 Å². The molecule has 1 aromatic heterocycles. The molecule has 8 heteroatoms. The van der Waals surface area contributed by atoms with Gasteiger partial charge in [-0.3, -0.25) is 4.79 Å². The van der Waals surface area contributed by atoms with Crippen LogP contribution in [0.2, 0.25) is 0 Å². The number of thioether (sulfide) groups is 1. The van der Waals surface area contributed by atoms with Crippen LogP contribution in [0.5, 0.6) is 5.88 Å². The molecular weight excluding hydrogens is 384 g/mol. The average Bonchev–Trinajstić information content (AvgIpc) is 2.70. The number of aromatic nitrogens is 1. The Balaban J connectivity index is 1.51. The molecule has 0 atom stereocenters. The van der Waals surface area contributed by atoms with Crippen LogP contribution in [0.15, 0.2) is 47.5 Å². The second kappa shape index (κ2) is 9.51. The monoisotopic (exact) mass is 403 g/mol. The Kier molecular flexibility index (Phi) is 6.82. The van der Waals surface area contributed by atoms with Gasteiger partial charge in [0.2, 0.25) is 5.88 Å². The molecular formula is C20H19F2N3O2S. The molecule has 0 radical (unpaired) electrons. The number of nitrogens with one attached hydrogen (secondary N) is 1. The lowest BCUT2D eigenvalue weighted by Gasteiger charge is -2.29. The summed E-state index contributed by atoms with van der Waals surface area (Å²) in [5.74, 6) is -2.43. The third kappa shape index (κ3) is 5.42. The molecule has 1 aliphatic rings. The van der Waals surface area contributed by atoms with E-state index in [1.807, 2.05) is 6.07 Å². The number of benzene rings is 1. The van der Waals surface area contributed by atoms with Gasteiger partial charge in [0.25, 0.3) is 11.7 Å². The third-order valence-corrected chi connectivity index (χ3v) is 5.30. The van der Waals surface area contributed by atoms with E-state index in [0.29, 0.717) is 23.2 Å². The van der Waals surface area contributed by atoms with Crippen molar-refractivity contribution < 1.29 is 18.3 Å². The van der Waals surface area contributed by atoms with Crippen molar-refractivity contribution in [2.45, 2.75) is 48.5 Å². The number of carbonyl (C=O) groups excluding carboxylic acids is 1. The molecule has 0 aliphatic heterocycles. The van der Waals surface area contributed by atoms with Gasteiger partial charge in [-0.05, 0) is 43.9 Å². The predicted octanol–water partition coefficient (Wildman–Crippen LogP) is 4.39. The number of hydrogen-bond donors (Lipinski definition) is 1. The zero-order valence-corrected chi connectivity index (χ0v) is 15.8. The standard InChI is InChI=1S/C20H19F2N3O2S/c21-20(22)28-17-4-2-1-3-16(17)19(26)25-14-6-8-15(9-7-14)27-18-10-5-13(11-23)12-24-18/h1-5,10,12,14-15,20H,6-9H2,(H,25,26).